The van der Waals surface area contributed by atoms with Crippen molar-refractivity contribution in [2.24, 2.45) is 5.92 Å². The van der Waals surface area contributed by atoms with E-state index in [0.29, 0.717) is 23.5 Å². The number of ether oxygens (including phenoxy) is 2. The quantitative estimate of drug-likeness (QED) is 0.501. The summed E-state index contributed by atoms with van der Waals surface area (Å²) in [5, 5.41) is 3.34. The molecule has 0 radical (unpaired) electrons. The summed E-state index contributed by atoms with van der Waals surface area (Å²) in [6.07, 6.45) is 1.73. The molecule has 2 aromatic rings. The Morgan fingerprint density at radius 2 is 1.61 bits per heavy atom. The number of quaternary nitrogens is 1. The molecule has 6 nitrogen and oxygen atoms in total. The van der Waals surface area contributed by atoms with Gasteiger partial charge >= 0.3 is 11.9 Å². The fraction of sp³-hybridized carbons (Fsp3) is 0.481. The number of esters is 2. The second-order valence-corrected chi connectivity index (χ2v) is 10.4. The largest absolute Gasteiger partial charge is 0.456 e. The molecule has 3 saturated heterocycles. The lowest BCUT2D eigenvalue weighted by Crippen LogP contribution is -2.66. The van der Waals surface area contributed by atoms with Crippen molar-refractivity contribution < 1.29 is 23.5 Å². The van der Waals surface area contributed by atoms with Crippen molar-refractivity contribution in [1.82, 2.24) is 0 Å². The molecule has 3 aliphatic heterocycles. The number of hydrogen-bond acceptors (Lipinski definition) is 5. The third kappa shape index (κ3) is 5.93. The predicted octanol–water partition coefficient (Wildman–Crippen LogP) is 4.33. The van der Waals surface area contributed by atoms with Gasteiger partial charge in [0.1, 0.15) is 12.1 Å². The maximum atomic E-state index is 13.4. The molecule has 33 heavy (non-hydrogen) atoms. The maximum absolute atomic E-state index is 13.4. The van der Waals surface area contributed by atoms with Gasteiger partial charge in [0.15, 0.2) is 18.7 Å². The van der Waals surface area contributed by atoms with Crippen molar-refractivity contribution in [3.05, 3.63) is 66.2 Å². The zero-order chi connectivity index (χ0) is 23.5. The lowest BCUT2D eigenvalue weighted by Gasteiger charge is -2.51. The van der Waals surface area contributed by atoms with Gasteiger partial charge in [-0.25, -0.2) is 9.59 Å². The van der Waals surface area contributed by atoms with Gasteiger partial charge < -0.3 is 19.3 Å². The van der Waals surface area contributed by atoms with Gasteiger partial charge in [-0.3, -0.25) is 0 Å². The highest BCUT2D eigenvalue weighted by atomic mass is 16.6. The molecule has 0 unspecified atom stereocenters. The fourth-order valence-corrected chi connectivity index (χ4v) is 5.07. The van der Waals surface area contributed by atoms with Crippen LogP contribution in [0.5, 0.6) is 0 Å². The van der Waals surface area contributed by atoms with Crippen LogP contribution in [-0.2, 0) is 19.1 Å². The number of benzene rings is 2. The number of rotatable bonds is 7. The van der Waals surface area contributed by atoms with Crippen molar-refractivity contribution in [3.8, 4) is 0 Å². The van der Waals surface area contributed by atoms with Crippen LogP contribution in [0.1, 0.15) is 45.2 Å². The summed E-state index contributed by atoms with van der Waals surface area (Å²) in [4.78, 5) is 26.0. The van der Waals surface area contributed by atoms with Crippen molar-refractivity contribution in [1.29, 1.82) is 0 Å². The van der Waals surface area contributed by atoms with Gasteiger partial charge in [-0.1, -0.05) is 48.5 Å². The normalized spacial score (nSPS) is 25.2. The minimum Gasteiger partial charge on any atom is -0.456 e. The first-order valence-corrected chi connectivity index (χ1v) is 11.9. The number of carbonyl (C=O) groups excluding carboxylic acids is 2. The first-order chi connectivity index (χ1) is 15.7. The summed E-state index contributed by atoms with van der Waals surface area (Å²) in [5.41, 5.74) is 1.23. The van der Waals surface area contributed by atoms with Crippen molar-refractivity contribution >= 4 is 17.6 Å². The smallest absolute Gasteiger partial charge is 0.362 e. The number of hydrogen-bond donors (Lipinski definition) is 1. The standard InChI is InChI=1S/C27H35N2O4/c1-27(2,3)33-24(30)19-29-16-14-20(15-17-29)23(18-29)32-26(31)25(21-10-6-4-7-11-21)28-22-12-8-5-9-13-22/h4-13,20,23,25,28H,14-19H2,1-3H3/q+1/t20?,23-,25+,29?/m0/s1. The molecule has 5 rings (SSSR count). The fourth-order valence-electron chi connectivity index (χ4n) is 5.07. The Bertz CT molecular complexity index is 947. The van der Waals surface area contributed by atoms with Crippen LogP contribution in [0.15, 0.2) is 60.7 Å². The van der Waals surface area contributed by atoms with E-state index in [1.807, 2.05) is 81.4 Å². The highest BCUT2D eigenvalue weighted by molar-refractivity contribution is 5.81. The van der Waals surface area contributed by atoms with E-state index in [0.717, 1.165) is 37.2 Å². The second kappa shape index (κ2) is 9.56. The lowest BCUT2D eigenvalue weighted by atomic mass is 9.83. The molecule has 3 aliphatic rings. The van der Waals surface area contributed by atoms with Crippen LogP contribution in [0.3, 0.4) is 0 Å². The summed E-state index contributed by atoms with van der Waals surface area (Å²) in [6, 6.07) is 18.8. The zero-order valence-corrected chi connectivity index (χ0v) is 19.8. The average Bonchev–Trinajstić information content (AvgIpc) is 2.78. The van der Waals surface area contributed by atoms with Crippen molar-refractivity contribution in [2.45, 2.75) is 51.4 Å². The number of carbonyl (C=O) groups is 2. The van der Waals surface area contributed by atoms with Crippen molar-refractivity contribution in [3.63, 3.8) is 0 Å². The Morgan fingerprint density at radius 1 is 1.00 bits per heavy atom. The van der Waals surface area contributed by atoms with E-state index in [-0.39, 0.29) is 18.0 Å². The van der Waals surface area contributed by atoms with E-state index < -0.39 is 11.6 Å². The van der Waals surface area contributed by atoms with Gasteiger partial charge in [0.05, 0.1) is 13.1 Å². The molecule has 0 aromatic heterocycles. The van der Waals surface area contributed by atoms with Crippen LogP contribution < -0.4 is 5.32 Å². The van der Waals surface area contributed by atoms with Gasteiger partial charge in [0.25, 0.3) is 0 Å². The Kier molecular flexibility index (Phi) is 6.75. The Labute approximate surface area is 196 Å². The van der Waals surface area contributed by atoms with E-state index in [1.165, 1.54) is 0 Å². The molecule has 2 atom stereocenters. The molecule has 3 fully saturated rings. The van der Waals surface area contributed by atoms with E-state index in [2.05, 4.69) is 5.32 Å². The maximum Gasteiger partial charge on any atom is 0.362 e. The number of nitrogens with zero attached hydrogens (tertiary/aromatic N) is 1. The van der Waals surface area contributed by atoms with E-state index >= 15 is 0 Å². The van der Waals surface area contributed by atoms with Crippen LogP contribution in [0.25, 0.3) is 0 Å². The van der Waals surface area contributed by atoms with Crippen LogP contribution >= 0.6 is 0 Å². The number of anilines is 1. The highest BCUT2D eigenvalue weighted by Gasteiger charge is 2.49. The first-order valence-electron chi connectivity index (χ1n) is 11.9. The first kappa shape index (κ1) is 23.3. The summed E-state index contributed by atoms with van der Waals surface area (Å²) < 4.78 is 12.4. The molecule has 0 amide bonds. The minimum absolute atomic E-state index is 0.180. The summed E-state index contributed by atoms with van der Waals surface area (Å²) >= 11 is 0. The number of piperidine rings is 3. The average molecular weight is 452 g/mol. The molecule has 0 saturated carbocycles. The van der Waals surface area contributed by atoms with Crippen LogP contribution in [-0.4, -0.2) is 54.3 Å². The lowest BCUT2D eigenvalue weighted by molar-refractivity contribution is -0.939. The third-order valence-corrected chi connectivity index (χ3v) is 6.65. The minimum atomic E-state index is -0.594. The van der Waals surface area contributed by atoms with E-state index in [1.54, 1.807) is 0 Å². The molecule has 2 bridgehead atoms. The molecule has 0 spiro atoms. The molecule has 6 heteroatoms. The van der Waals surface area contributed by atoms with Crippen LogP contribution in [0.2, 0.25) is 0 Å². The zero-order valence-electron chi connectivity index (χ0n) is 19.8. The molecule has 1 N–H and O–H groups in total. The number of nitrogens with one attached hydrogen (secondary N) is 1. The third-order valence-electron chi connectivity index (χ3n) is 6.65. The highest BCUT2D eigenvalue weighted by Crippen LogP contribution is 2.36. The summed E-state index contributed by atoms with van der Waals surface area (Å²) in [6.45, 7) is 8.54. The number of para-hydroxylation sites is 1. The van der Waals surface area contributed by atoms with Gasteiger partial charge in [-0.2, -0.15) is 0 Å². The Balaban J connectivity index is 1.47. The second-order valence-electron chi connectivity index (χ2n) is 10.4. The molecular formula is C27H35N2O4+. The summed E-state index contributed by atoms with van der Waals surface area (Å²) in [5.74, 6) is -0.110. The van der Waals surface area contributed by atoms with Crippen molar-refractivity contribution in [2.75, 3.05) is 31.5 Å². The number of fused-ring (bicyclic) bond motifs is 3. The summed E-state index contributed by atoms with van der Waals surface area (Å²) in [7, 11) is 0. The SMILES string of the molecule is CC(C)(C)OC(=O)C[N+]12CCC(CC1)[C@@H](OC(=O)[C@H](Nc1ccccc1)c1ccccc1)C2. The van der Waals surface area contributed by atoms with Gasteiger partial charge in [-0.05, 0) is 38.5 Å². The van der Waals surface area contributed by atoms with E-state index in [4.69, 9.17) is 9.47 Å². The predicted molar refractivity (Wildman–Crippen MR) is 127 cm³/mol. The van der Waals surface area contributed by atoms with Crippen LogP contribution in [0.4, 0.5) is 5.69 Å². The van der Waals surface area contributed by atoms with Gasteiger partial charge in [-0.15, -0.1) is 0 Å². The molecular weight excluding hydrogens is 416 g/mol. The Morgan fingerprint density at radius 3 is 2.21 bits per heavy atom. The monoisotopic (exact) mass is 451 g/mol. The molecule has 3 heterocycles. The Hall–Kier alpha value is -2.86. The van der Waals surface area contributed by atoms with Gasteiger partial charge in [0.2, 0.25) is 0 Å². The molecule has 2 aromatic carbocycles. The molecule has 176 valence electrons. The van der Waals surface area contributed by atoms with Gasteiger partial charge in [0, 0.05) is 24.4 Å². The van der Waals surface area contributed by atoms with E-state index in [9.17, 15) is 9.59 Å². The van der Waals surface area contributed by atoms with Crippen LogP contribution in [0, 0.1) is 5.92 Å². The topological polar surface area (TPSA) is 64.6 Å². The molecule has 0 aliphatic carbocycles.